The van der Waals surface area contributed by atoms with Crippen LogP contribution in [0.1, 0.15) is 76.3 Å². The van der Waals surface area contributed by atoms with Gasteiger partial charge in [0.05, 0.1) is 12.2 Å². The molecule has 2 aromatic rings. The van der Waals surface area contributed by atoms with Crippen molar-refractivity contribution >= 4 is 6.03 Å². The molecule has 0 aliphatic rings. The predicted molar refractivity (Wildman–Crippen MR) is 139 cm³/mol. The van der Waals surface area contributed by atoms with E-state index in [1.54, 1.807) is 9.80 Å². The summed E-state index contributed by atoms with van der Waals surface area (Å²) in [6, 6.07) is 19.7. The van der Waals surface area contributed by atoms with Crippen LogP contribution >= 0.6 is 0 Å². The largest absolute Gasteiger partial charge is 0.391 e. The first-order valence-electron chi connectivity index (χ1n) is 13.0. The molecule has 0 aliphatic carbocycles. The fourth-order valence-electron chi connectivity index (χ4n) is 4.18. The Balaban J connectivity index is 2.19. The van der Waals surface area contributed by atoms with Crippen molar-refractivity contribution in [2.75, 3.05) is 13.1 Å². The molecule has 0 aliphatic heterocycles. The molecule has 0 heterocycles. The fourth-order valence-corrected chi connectivity index (χ4v) is 4.18. The highest BCUT2D eigenvalue weighted by molar-refractivity contribution is 5.74. The molecule has 0 saturated heterocycles. The van der Waals surface area contributed by atoms with E-state index in [1.807, 2.05) is 60.7 Å². The van der Waals surface area contributed by atoms with Crippen LogP contribution in [0.2, 0.25) is 0 Å². The average Bonchev–Trinajstić information content (AvgIpc) is 2.84. The van der Waals surface area contributed by atoms with E-state index in [0.717, 1.165) is 49.7 Å². The molecule has 0 fully saturated rings. The Kier molecular flexibility index (Phi) is 13.4. The number of amides is 2. The van der Waals surface area contributed by atoms with E-state index >= 15 is 0 Å². The van der Waals surface area contributed by atoms with Crippen LogP contribution in [0.4, 0.5) is 4.79 Å². The van der Waals surface area contributed by atoms with Gasteiger partial charge >= 0.3 is 6.03 Å². The van der Waals surface area contributed by atoms with Crippen molar-refractivity contribution in [1.82, 2.24) is 9.80 Å². The second-order valence-corrected chi connectivity index (χ2v) is 9.31. The number of carbonyl (C=O) groups is 1. The van der Waals surface area contributed by atoms with Gasteiger partial charge in [0.25, 0.3) is 0 Å². The molecule has 0 radical (unpaired) electrons. The van der Waals surface area contributed by atoms with Crippen molar-refractivity contribution in [2.45, 2.75) is 90.5 Å². The van der Waals surface area contributed by atoms with Crippen LogP contribution in [0, 0.1) is 0 Å². The van der Waals surface area contributed by atoms with E-state index < -0.39 is 12.2 Å². The maximum Gasteiger partial charge on any atom is 0.320 e. The van der Waals surface area contributed by atoms with Gasteiger partial charge in [-0.25, -0.2) is 4.79 Å². The molecule has 188 valence electrons. The van der Waals surface area contributed by atoms with Gasteiger partial charge in [-0.15, -0.1) is 0 Å². The summed E-state index contributed by atoms with van der Waals surface area (Å²) in [7, 11) is 0. The van der Waals surface area contributed by atoms with E-state index in [0.29, 0.717) is 25.9 Å². The smallest absolute Gasteiger partial charge is 0.320 e. The maximum absolute atomic E-state index is 13.8. The number of aliphatic hydroxyl groups is 2. The lowest BCUT2D eigenvalue weighted by Gasteiger charge is -2.33. The molecule has 2 aromatic carbocycles. The monoisotopic (exact) mass is 468 g/mol. The first-order chi connectivity index (χ1) is 16.5. The van der Waals surface area contributed by atoms with Gasteiger partial charge in [-0.1, -0.05) is 113 Å². The molecular weight excluding hydrogens is 424 g/mol. The SMILES string of the molecule is CCCCCC(O)CN(Cc1ccccc1)C(=O)N(Cc1ccccc1)CC(O)CCCCC. The lowest BCUT2D eigenvalue weighted by molar-refractivity contribution is 0.0720. The van der Waals surface area contributed by atoms with Crippen molar-refractivity contribution in [3.8, 4) is 0 Å². The van der Waals surface area contributed by atoms with Crippen LogP contribution in [0.25, 0.3) is 0 Å². The number of hydrogen-bond donors (Lipinski definition) is 2. The van der Waals surface area contributed by atoms with Crippen molar-refractivity contribution in [1.29, 1.82) is 0 Å². The van der Waals surface area contributed by atoms with Crippen LogP contribution in [0.5, 0.6) is 0 Å². The summed E-state index contributed by atoms with van der Waals surface area (Å²) in [6.07, 6.45) is 6.50. The minimum absolute atomic E-state index is 0.142. The molecule has 0 saturated carbocycles. The summed E-state index contributed by atoms with van der Waals surface area (Å²) in [5, 5.41) is 21.4. The maximum atomic E-state index is 13.8. The van der Waals surface area contributed by atoms with E-state index in [9.17, 15) is 15.0 Å². The molecule has 5 nitrogen and oxygen atoms in total. The number of unbranched alkanes of at least 4 members (excludes halogenated alkanes) is 4. The summed E-state index contributed by atoms with van der Waals surface area (Å²) in [6.45, 7) is 5.72. The van der Waals surface area contributed by atoms with E-state index in [2.05, 4.69) is 13.8 Å². The number of carbonyl (C=O) groups excluding carboxylic acids is 1. The number of aliphatic hydroxyl groups excluding tert-OH is 2. The Morgan fingerprint density at radius 3 is 1.41 bits per heavy atom. The molecule has 0 aromatic heterocycles. The predicted octanol–water partition coefficient (Wildman–Crippen LogP) is 5.99. The Labute approximate surface area is 206 Å². The van der Waals surface area contributed by atoms with Crippen LogP contribution in [-0.2, 0) is 13.1 Å². The van der Waals surface area contributed by atoms with Gasteiger partial charge in [-0.3, -0.25) is 0 Å². The molecule has 2 unspecified atom stereocenters. The van der Waals surface area contributed by atoms with Gasteiger partial charge < -0.3 is 20.0 Å². The number of rotatable bonds is 16. The summed E-state index contributed by atoms with van der Waals surface area (Å²) in [5.41, 5.74) is 2.06. The summed E-state index contributed by atoms with van der Waals surface area (Å²) >= 11 is 0. The minimum atomic E-state index is -0.563. The Bertz CT molecular complexity index is 719. The number of benzene rings is 2. The average molecular weight is 469 g/mol. The molecule has 0 spiro atoms. The molecule has 2 atom stereocenters. The van der Waals surface area contributed by atoms with Gasteiger partial charge in [0.2, 0.25) is 0 Å². The van der Waals surface area contributed by atoms with Gasteiger partial charge in [0.1, 0.15) is 0 Å². The second kappa shape index (κ2) is 16.3. The van der Waals surface area contributed by atoms with Crippen LogP contribution in [0.3, 0.4) is 0 Å². The van der Waals surface area contributed by atoms with E-state index in [-0.39, 0.29) is 19.1 Å². The molecule has 2 rings (SSSR count). The summed E-state index contributed by atoms with van der Waals surface area (Å²) in [4.78, 5) is 17.3. The molecule has 5 heteroatoms. The third-order valence-corrected chi connectivity index (χ3v) is 6.12. The Morgan fingerprint density at radius 1 is 0.676 bits per heavy atom. The van der Waals surface area contributed by atoms with Gasteiger partial charge in [0.15, 0.2) is 0 Å². The topological polar surface area (TPSA) is 64.0 Å². The minimum Gasteiger partial charge on any atom is -0.391 e. The standard InChI is InChI=1S/C29H44N2O3/c1-3-5-9-19-27(32)23-30(21-25-15-11-7-12-16-25)29(34)31(22-26-17-13-8-14-18-26)24-28(33)20-10-6-4-2/h7-8,11-18,27-28,32-33H,3-6,9-10,19-24H2,1-2H3. The highest BCUT2D eigenvalue weighted by atomic mass is 16.3. The number of nitrogens with zero attached hydrogens (tertiary/aromatic N) is 2. The van der Waals surface area contributed by atoms with Crippen LogP contribution in [-0.4, -0.2) is 51.3 Å². The Hall–Kier alpha value is -2.37. The first-order valence-corrected chi connectivity index (χ1v) is 13.0. The third-order valence-electron chi connectivity index (χ3n) is 6.12. The first kappa shape index (κ1) is 27.9. The van der Waals surface area contributed by atoms with Gasteiger partial charge in [-0.2, -0.15) is 0 Å². The van der Waals surface area contributed by atoms with Crippen molar-refractivity contribution in [2.24, 2.45) is 0 Å². The number of urea groups is 1. The second-order valence-electron chi connectivity index (χ2n) is 9.31. The summed E-state index contributed by atoms with van der Waals surface area (Å²) < 4.78 is 0. The van der Waals surface area contributed by atoms with Gasteiger partial charge in [0, 0.05) is 26.2 Å². The third kappa shape index (κ3) is 10.7. The Morgan fingerprint density at radius 2 is 1.06 bits per heavy atom. The highest BCUT2D eigenvalue weighted by Crippen LogP contribution is 2.16. The molecule has 2 amide bonds. The molecule has 0 bridgehead atoms. The lowest BCUT2D eigenvalue weighted by Crippen LogP contribution is -2.47. The number of hydrogen-bond acceptors (Lipinski definition) is 3. The van der Waals surface area contributed by atoms with E-state index in [4.69, 9.17) is 0 Å². The van der Waals surface area contributed by atoms with Crippen molar-refractivity contribution < 1.29 is 15.0 Å². The van der Waals surface area contributed by atoms with Crippen LogP contribution in [0.15, 0.2) is 60.7 Å². The quantitative estimate of drug-likeness (QED) is 0.297. The van der Waals surface area contributed by atoms with E-state index in [1.165, 1.54) is 0 Å². The van der Waals surface area contributed by atoms with Crippen molar-refractivity contribution in [3.05, 3.63) is 71.8 Å². The molecule has 34 heavy (non-hydrogen) atoms. The van der Waals surface area contributed by atoms with Crippen LogP contribution < -0.4 is 0 Å². The fraction of sp³-hybridized carbons (Fsp3) is 0.552. The molecular formula is C29H44N2O3. The lowest BCUT2D eigenvalue weighted by atomic mass is 10.1. The molecule has 2 N–H and O–H groups in total. The zero-order valence-corrected chi connectivity index (χ0v) is 21.1. The zero-order chi connectivity index (χ0) is 24.6. The van der Waals surface area contributed by atoms with Crippen molar-refractivity contribution in [3.63, 3.8) is 0 Å². The summed E-state index contributed by atoms with van der Waals surface area (Å²) in [5.74, 6) is 0. The normalized spacial score (nSPS) is 12.8. The zero-order valence-electron chi connectivity index (χ0n) is 21.1. The van der Waals surface area contributed by atoms with Gasteiger partial charge in [-0.05, 0) is 24.0 Å². The highest BCUT2D eigenvalue weighted by Gasteiger charge is 2.25.